The van der Waals surface area contributed by atoms with E-state index in [-0.39, 0.29) is 12.2 Å². The number of hydrogen-bond acceptors (Lipinski definition) is 8. The number of rotatable bonds is 5. The minimum atomic E-state index is -1.22. The Hall–Kier alpha value is -3.55. The molecule has 8 heteroatoms. The average Bonchev–Trinajstić information content (AvgIpc) is 2.75. The largest absolute Gasteiger partial charge is 0.468 e. The molecule has 3 rings (SSSR count). The highest BCUT2D eigenvalue weighted by Crippen LogP contribution is 2.33. The molecule has 0 spiro atoms. The number of nitrogens with zero attached hydrogens (tertiary/aromatic N) is 2. The summed E-state index contributed by atoms with van der Waals surface area (Å²) >= 11 is 0. The maximum absolute atomic E-state index is 13.0. The summed E-state index contributed by atoms with van der Waals surface area (Å²) in [6.07, 6.45) is 0. The van der Waals surface area contributed by atoms with E-state index in [0.717, 1.165) is 10.9 Å². The van der Waals surface area contributed by atoms with Gasteiger partial charge in [0.05, 0.1) is 31.0 Å². The topological polar surface area (TPSA) is 104 Å². The van der Waals surface area contributed by atoms with E-state index in [1.165, 1.54) is 14.2 Å². The Bertz CT molecular complexity index is 1070. The first-order chi connectivity index (χ1) is 14.4. The van der Waals surface area contributed by atoms with Crippen molar-refractivity contribution in [2.24, 2.45) is 16.8 Å². The van der Waals surface area contributed by atoms with Crippen LogP contribution in [0.15, 0.2) is 52.7 Å². The zero-order valence-electron chi connectivity index (χ0n) is 17.2. The predicted molar refractivity (Wildman–Crippen MR) is 108 cm³/mol. The number of hydrogen-bond donors (Lipinski definition) is 0. The molecule has 156 valence electrons. The van der Waals surface area contributed by atoms with Gasteiger partial charge < -0.3 is 14.2 Å². The molecule has 0 radical (unpaired) electrons. The summed E-state index contributed by atoms with van der Waals surface area (Å²) in [7, 11) is 2.41. The summed E-state index contributed by atoms with van der Waals surface area (Å²) in [5.74, 6) is -4.48. The van der Waals surface area contributed by atoms with E-state index in [0.29, 0.717) is 17.1 Å². The lowest BCUT2D eigenvalue weighted by Gasteiger charge is -2.29. The van der Waals surface area contributed by atoms with Crippen LogP contribution in [0.2, 0.25) is 0 Å². The van der Waals surface area contributed by atoms with Crippen LogP contribution in [-0.4, -0.2) is 42.8 Å². The number of ether oxygens (including phenoxy) is 3. The average molecular weight is 410 g/mol. The van der Waals surface area contributed by atoms with E-state index in [1.54, 1.807) is 19.9 Å². The van der Waals surface area contributed by atoms with Crippen LogP contribution in [0.4, 0.5) is 0 Å². The Morgan fingerprint density at radius 2 is 1.67 bits per heavy atom. The molecule has 0 fully saturated rings. The third-order valence-electron chi connectivity index (χ3n) is 4.96. The van der Waals surface area contributed by atoms with E-state index in [1.807, 2.05) is 30.3 Å². The molecule has 30 heavy (non-hydrogen) atoms. The molecule has 1 aliphatic rings. The lowest BCUT2D eigenvalue weighted by Crippen LogP contribution is -2.42. The summed E-state index contributed by atoms with van der Waals surface area (Å²) in [6, 6.07) is 11.2. The number of pyridine rings is 1. The minimum absolute atomic E-state index is 0.0185. The standard InChI is InChI=1S/C22H22N2O6/c1-12-17(20(25)28-3)19(18(13(2)23-12)21(26)29-4)22(27)30-11-15-10-9-14-7-5-6-8-16(14)24-15/h5-10,17,19H,11H2,1-4H3/t17?,19-/m0/s1. The molecular formula is C22H22N2O6. The van der Waals surface area contributed by atoms with E-state index in [9.17, 15) is 14.4 Å². The lowest BCUT2D eigenvalue weighted by molar-refractivity contribution is -0.157. The fourth-order valence-corrected chi connectivity index (χ4v) is 3.52. The van der Waals surface area contributed by atoms with Crippen molar-refractivity contribution < 1.29 is 28.6 Å². The molecule has 1 unspecified atom stereocenters. The van der Waals surface area contributed by atoms with Crippen LogP contribution in [0.5, 0.6) is 0 Å². The Balaban J connectivity index is 1.89. The van der Waals surface area contributed by atoms with Gasteiger partial charge >= 0.3 is 17.9 Å². The van der Waals surface area contributed by atoms with Crippen molar-refractivity contribution in [2.75, 3.05) is 14.2 Å². The Labute approximate surface area is 173 Å². The first kappa shape index (κ1) is 21.2. The number of methoxy groups -OCH3 is 2. The second-order valence-corrected chi connectivity index (χ2v) is 6.83. The number of fused-ring (bicyclic) bond motifs is 1. The third-order valence-corrected chi connectivity index (χ3v) is 4.96. The summed E-state index contributed by atoms with van der Waals surface area (Å²) in [5, 5.41) is 0.962. The molecule has 0 aliphatic carbocycles. The number of esters is 3. The van der Waals surface area contributed by atoms with Gasteiger partial charge in [-0.25, -0.2) is 9.78 Å². The number of carbonyl (C=O) groups is 3. The van der Waals surface area contributed by atoms with Crippen LogP contribution >= 0.6 is 0 Å². The van der Waals surface area contributed by atoms with Crippen molar-refractivity contribution in [2.45, 2.75) is 20.5 Å². The lowest BCUT2D eigenvalue weighted by atomic mass is 9.80. The Morgan fingerprint density at radius 1 is 0.933 bits per heavy atom. The second kappa shape index (κ2) is 8.86. The van der Waals surface area contributed by atoms with Crippen molar-refractivity contribution >= 4 is 34.5 Å². The summed E-state index contributed by atoms with van der Waals surface area (Å²) in [4.78, 5) is 46.5. The normalized spacial score (nSPS) is 18.6. The smallest absolute Gasteiger partial charge is 0.336 e. The first-order valence-corrected chi connectivity index (χ1v) is 9.30. The van der Waals surface area contributed by atoms with Crippen LogP contribution in [0.1, 0.15) is 19.5 Å². The predicted octanol–water partition coefficient (Wildman–Crippen LogP) is 2.60. The molecule has 8 nitrogen and oxygen atoms in total. The Kier molecular flexibility index (Phi) is 6.25. The van der Waals surface area contributed by atoms with Crippen molar-refractivity contribution in [3.63, 3.8) is 0 Å². The number of aliphatic imine (C=N–C) groups is 1. The molecule has 0 bridgehead atoms. The van der Waals surface area contributed by atoms with Gasteiger partial charge in [0, 0.05) is 16.8 Å². The first-order valence-electron chi connectivity index (χ1n) is 9.30. The molecule has 2 aromatic rings. The van der Waals surface area contributed by atoms with Gasteiger partial charge in [-0.15, -0.1) is 0 Å². The van der Waals surface area contributed by atoms with Crippen LogP contribution in [0.3, 0.4) is 0 Å². The molecule has 2 heterocycles. The summed E-state index contributed by atoms with van der Waals surface area (Å²) < 4.78 is 15.1. The monoisotopic (exact) mass is 410 g/mol. The fourth-order valence-electron chi connectivity index (χ4n) is 3.52. The number of aromatic nitrogens is 1. The maximum Gasteiger partial charge on any atom is 0.336 e. The van der Waals surface area contributed by atoms with Gasteiger partial charge in [-0.1, -0.05) is 24.3 Å². The molecule has 2 atom stereocenters. The van der Waals surface area contributed by atoms with E-state index in [2.05, 4.69) is 9.98 Å². The highest BCUT2D eigenvalue weighted by molar-refractivity contribution is 6.10. The summed E-state index contributed by atoms with van der Waals surface area (Å²) in [6.45, 7) is 3.07. The highest BCUT2D eigenvalue weighted by Gasteiger charge is 2.46. The molecule has 0 N–H and O–H groups in total. The van der Waals surface area contributed by atoms with Crippen molar-refractivity contribution in [3.05, 3.63) is 53.4 Å². The van der Waals surface area contributed by atoms with Crippen molar-refractivity contribution in [3.8, 4) is 0 Å². The van der Waals surface area contributed by atoms with Crippen molar-refractivity contribution in [1.29, 1.82) is 0 Å². The van der Waals surface area contributed by atoms with Gasteiger partial charge in [-0.2, -0.15) is 0 Å². The Morgan fingerprint density at radius 3 is 2.37 bits per heavy atom. The van der Waals surface area contributed by atoms with E-state index in [4.69, 9.17) is 14.2 Å². The van der Waals surface area contributed by atoms with Gasteiger partial charge in [-0.3, -0.25) is 14.6 Å². The SMILES string of the molecule is COC(=O)C1=C(C)N=C(C)C(C(=O)OC)[C@@H]1C(=O)OCc1ccc2ccccc2n1. The number of carbonyl (C=O) groups excluding carboxylic acids is 3. The fraction of sp³-hybridized carbons (Fsp3) is 0.318. The van der Waals surface area contributed by atoms with Gasteiger partial charge in [0.1, 0.15) is 18.4 Å². The minimum Gasteiger partial charge on any atom is -0.468 e. The zero-order valence-corrected chi connectivity index (χ0v) is 17.2. The van der Waals surface area contributed by atoms with Crippen molar-refractivity contribution in [1.82, 2.24) is 4.98 Å². The molecule has 0 saturated carbocycles. The number of para-hydroxylation sites is 1. The van der Waals surface area contributed by atoms with Crippen LogP contribution in [0, 0.1) is 11.8 Å². The van der Waals surface area contributed by atoms with Gasteiger partial charge in [0.25, 0.3) is 0 Å². The molecular weight excluding hydrogens is 388 g/mol. The molecule has 0 saturated heterocycles. The zero-order chi connectivity index (χ0) is 21.8. The molecule has 0 amide bonds. The molecule has 1 aromatic heterocycles. The highest BCUT2D eigenvalue weighted by atomic mass is 16.5. The number of benzene rings is 1. The quantitative estimate of drug-likeness (QED) is 0.551. The molecule has 1 aromatic carbocycles. The van der Waals surface area contributed by atoms with Gasteiger partial charge in [0.2, 0.25) is 0 Å². The summed E-state index contributed by atoms with van der Waals surface area (Å²) in [5.41, 5.74) is 1.95. The number of allylic oxidation sites excluding steroid dienone is 1. The third kappa shape index (κ3) is 4.07. The van der Waals surface area contributed by atoms with Crippen LogP contribution < -0.4 is 0 Å². The van der Waals surface area contributed by atoms with E-state index < -0.39 is 29.7 Å². The maximum atomic E-state index is 13.0. The van der Waals surface area contributed by atoms with Gasteiger partial charge in [0.15, 0.2) is 0 Å². The van der Waals surface area contributed by atoms with Crippen LogP contribution in [0.25, 0.3) is 10.9 Å². The molecule has 1 aliphatic heterocycles. The van der Waals surface area contributed by atoms with E-state index >= 15 is 0 Å². The van der Waals surface area contributed by atoms with Gasteiger partial charge in [-0.05, 0) is 26.0 Å². The second-order valence-electron chi connectivity index (χ2n) is 6.83. The van der Waals surface area contributed by atoms with Crippen LogP contribution in [-0.2, 0) is 35.2 Å².